The third-order valence-corrected chi connectivity index (χ3v) is 5.69. The zero-order chi connectivity index (χ0) is 18.9. The van der Waals surface area contributed by atoms with E-state index < -0.39 is 0 Å². The van der Waals surface area contributed by atoms with Crippen LogP contribution in [-0.4, -0.2) is 12.1 Å². The maximum Gasteiger partial charge on any atom is 0.121 e. The molecular formula is C24H41NO. The average molecular weight is 360 g/mol. The summed E-state index contributed by atoms with van der Waals surface area (Å²) >= 11 is 0. The number of ether oxygens (including phenoxy) is 1. The molecule has 2 atom stereocenters. The van der Waals surface area contributed by atoms with E-state index in [-0.39, 0.29) is 6.10 Å². The van der Waals surface area contributed by atoms with Crippen LogP contribution in [0.3, 0.4) is 0 Å². The maximum absolute atomic E-state index is 6.29. The molecule has 0 fully saturated rings. The lowest BCUT2D eigenvalue weighted by Gasteiger charge is -2.25. The summed E-state index contributed by atoms with van der Waals surface area (Å²) in [5.74, 6) is 1.75. The van der Waals surface area contributed by atoms with Crippen molar-refractivity contribution in [2.75, 3.05) is 0 Å². The summed E-state index contributed by atoms with van der Waals surface area (Å²) in [4.78, 5) is 0. The number of rotatable bonds is 11. The van der Waals surface area contributed by atoms with Crippen molar-refractivity contribution in [3.63, 3.8) is 0 Å². The molecule has 0 spiro atoms. The van der Waals surface area contributed by atoms with E-state index in [0.29, 0.717) is 12.0 Å². The zero-order valence-corrected chi connectivity index (χ0v) is 17.9. The molecule has 0 amide bonds. The van der Waals surface area contributed by atoms with Gasteiger partial charge in [0.25, 0.3) is 0 Å². The van der Waals surface area contributed by atoms with Crippen molar-refractivity contribution in [3.05, 3.63) is 34.8 Å². The summed E-state index contributed by atoms with van der Waals surface area (Å²) in [5, 5.41) is 3.91. The minimum Gasteiger partial charge on any atom is -0.491 e. The first-order valence-electron chi connectivity index (χ1n) is 11.1. The molecule has 2 rings (SSSR count). The average Bonchev–Trinajstić information content (AvgIpc) is 2.89. The van der Waals surface area contributed by atoms with E-state index in [2.05, 4.69) is 52.1 Å². The number of unbranched alkanes of at least 4 members (excludes halogenated alkanes) is 5. The monoisotopic (exact) mass is 359 g/mol. The highest BCUT2D eigenvalue weighted by Gasteiger charge is 2.37. The number of nitrogens with one attached hydrogen (secondary N) is 1. The minimum absolute atomic E-state index is 0.230. The minimum atomic E-state index is 0.230. The molecule has 1 N–H and O–H groups in total. The second-order valence-electron chi connectivity index (χ2n) is 8.35. The lowest BCUT2D eigenvalue weighted by atomic mass is 9.85. The Morgan fingerprint density at radius 1 is 1.00 bits per heavy atom. The lowest BCUT2D eigenvalue weighted by molar-refractivity contribution is 0.148. The standard InChI is InChI=1S/C24H41NO/c1-6-8-10-11-12-15-20-21(16-9-7-2)25-24-19(5)14-13-17-22(23(20)24)26-18(3)4/h14,17-18,20-21,25H,6-13,15-16H2,1-5H3. The summed E-state index contributed by atoms with van der Waals surface area (Å²) in [6, 6.07) is 0.576. The van der Waals surface area contributed by atoms with Gasteiger partial charge in [0.15, 0.2) is 0 Å². The Morgan fingerprint density at radius 2 is 1.73 bits per heavy atom. The zero-order valence-electron chi connectivity index (χ0n) is 17.9. The molecule has 0 aromatic heterocycles. The van der Waals surface area contributed by atoms with Gasteiger partial charge in [0, 0.05) is 23.2 Å². The molecule has 1 aliphatic carbocycles. The van der Waals surface area contributed by atoms with Crippen molar-refractivity contribution in [1.29, 1.82) is 0 Å². The van der Waals surface area contributed by atoms with Gasteiger partial charge < -0.3 is 10.1 Å². The normalized spacial score (nSPS) is 22.7. The van der Waals surface area contributed by atoms with Gasteiger partial charge in [-0.2, -0.15) is 0 Å². The molecule has 0 saturated carbocycles. The molecule has 0 bridgehead atoms. The Morgan fingerprint density at radius 3 is 2.42 bits per heavy atom. The van der Waals surface area contributed by atoms with Crippen molar-refractivity contribution < 1.29 is 4.74 Å². The van der Waals surface area contributed by atoms with E-state index in [0.717, 1.165) is 12.2 Å². The highest BCUT2D eigenvalue weighted by molar-refractivity contribution is 5.49. The summed E-state index contributed by atoms with van der Waals surface area (Å²) in [5.41, 5.74) is 4.24. The Hall–Kier alpha value is -1.18. The van der Waals surface area contributed by atoms with Crippen LogP contribution < -0.4 is 5.32 Å². The molecule has 1 aliphatic heterocycles. The molecular weight excluding hydrogens is 318 g/mol. The van der Waals surface area contributed by atoms with Crippen LogP contribution in [0.5, 0.6) is 0 Å². The van der Waals surface area contributed by atoms with E-state index in [9.17, 15) is 0 Å². The van der Waals surface area contributed by atoms with Gasteiger partial charge in [0.2, 0.25) is 0 Å². The predicted octanol–water partition coefficient (Wildman–Crippen LogP) is 7.04. The molecule has 0 aromatic rings. The van der Waals surface area contributed by atoms with E-state index in [1.54, 1.807) is 0 Å². The third kappa shape index (κ3) is 5.66. The molecule has 2 heteroatoms. The molecule has 148 valence electrons. The van der Waals surface area contributed by atoms with Crippen molar-refractivity contribution >= 4 is 0 Å². The summed E-state index contributed by atoms with van der Waals surface area (Å²) in [6.07, 6.45) is 17.8. The van der Waals surface area contributed by atoms with Crippen molar-refractivity contribution in [2.45, 2.75) is 111 Å². The Kier molecular flexibility index (Phi) is 8.81. The second-order valence-corrected chi connectivity index (χ2v) is 8.35. The van der Waals surface area contributed by atoms with Crippen LogP contribution >= 0.6 is 0 Å². The number of hydrogen-bond donors (Lipinski definition) is 1. The van der Waals surface area contributed by atoms with Gasteiger partial charge in [-0.3, -0.25) is 0 Å². The Balaban J connectivity index is 2.19. The van der Waals surface area contributed by atoms with Gasteiger partial charge in [0.1, 0.15) is 5.76 Å². The fraction of sp³-hybridized carbons (Fsp3) is 0.750. The van der Waals surface area contributed by atoms with Crippen LogP contribution in [0.4, 0.5) is 0 Å². The van der Waals surface area contributed by atoms with Crippen molar-refractivity contribution in [3.8, 4) is 0 Å². The number of allylic oxidation sites excluding steroid dienone is 4. The fourth-order valence-corrected chi connectivity index (χ4v) is 4.31. The summed E-state index contributed by atoms with van der Waals surface area (Å²) in [6.45, 7) is 11.1. The van der Waals surface area contributed by atoms with Crippen molar-refractivity contribution in [1.82, 2.24) is 5.32 Å². The van der Waals surface area contributed by atoms with Gasteiger partial charge in [0.05, 0.1) is 6.10 Å². The molecule has 2 nitrogen and oxygen atoms in total. The SMILES string of the molecule is CCCCCCCC1C2=C(NC1CCCC)C(C)=CCC=C2OC(C)C. The van der Waals surface area contributed by atoms with Crippen LogP contribution in [-0.2, 0) is 4.74 Å². The van der Waals surface area contributed by atoms with Crippen LogP contribution in [0.25, 0.3) is 0 Å². The molecule has 0 saturated heterocycles. The van der Waals surface area contributed by atoms with E-state index >= 15 is 0 Å². The lowest BCUT2D eigenvalue weighted by Crippen LogP contribution is -2.29. The Bertz CT molecular complexity index is 526. The topological polar surface area (TPSA) is 21.3 Å². The molecule has 0 radical (unpaired) electrons. The van der Waals surface area contributed by atoms with Gasteiger partial charge in [-0.15, -0.1) is 0 Å². The van der Waals surface area contributed by atoms with Crippen LogP contribution in [0.2, 0.25) is 0 Å². The van der Waals surface area contributed by atoms with E-state index in [1.165, 1.54) is 74.6 Å². The number of hydrogen-bond acceptors (Lipinski definition) is 2. The quantitative estimate of drug-likeness (QED) is 0.399. The van der Waals surface area contributed by atoms with Crippen LogP contribution in [0, 0.1) is 5.92 Å². The highest BCUT2D eigenvalue weighted by Crippen LogP contribution is 2.41. The molecule has 2 unspecified atom stereocenters. The fourth-order valence-electron chi connectivity index (χ4n) is 4.31. The molecule has 0 aromatic carbocycles. The summed E-state index contributed by atoms with van der Waals surface area (Å²) in [7, 11) is 0. The highest BCUT2D eigenvalue weighted by atomic mass is 16.5. The Labute approximate surface area is 162 Å². The van der Waals surface area contributed by atoms with Gasteiger partial charge in [-0.1, -0.05) is 64.9 Å². The smallest absolute Gasteiger partial charge is 0.121 e. The van der Waals surface area contributed by atoms with Gasteiger partial charge in [-0.05, 0) is 51.7 Å². The van der Waals surface area contributed by atoms with Crippen LogP contribution in [0.1, 0.15) is 98.8 Å². The summed E-state index contributed by atoms with van der Waals surface area (Å²) < 4.78 is 6.29. The van der Waals surface area contributed by atoms with E-state index in [1.807, 2.05) is 0 Å². The van der Waals surface area contributed by atoms with Crippen molar-refractivity contribution in [2.24, 2.45) is 5.92 Å². The first kappa shape index (κ1) is 21.1. The largest absolute Gasteiger partial charge is 0.491 e. The predicted molar refractivity (Wildman–Crippen MR) is 113 cm³/mol. The molecule has 1 heterocycles. The van der Waals surface area contributed by atoms with Gasteiger partial charge >= 0.3 is 0 Å². The first-order valence-corrected chi connectivity index (χ1v) is 11.1. The van der Waals surface area contributed by atoms with Crippen LogP contribution in [0.15, 0.2) is 34.8 Å². The second kappa shape index (κ2) is 10.8. The first-order chi connectivity index (χ1) is 12.6. The molecule has 2 aliphatic rings. The van der Waals surface area contributed by atoms with E-state index in [4.69, 9.17) is 4.74 Å². The maximum atomic E-state index is 6.29. The third-order valence-electron chi connectivity index (χ3n) is 5.69. The molecule has 26 heavy (non-hydrogen) atoms. The van der Waals surface area contributed by atoms with Gasteiger partial charge in [-0.25, -0.2) is 0 Å².